The van der Waals surface area contributed by atoms with Gasteiger partial charge in [-0.1, -0.05) is 5.16 Å². The predicted molar refractivity (Wildman–Crippen MR) is 78.0 cm³/mol. The molecule has 0 aliphatic carbocycles. The lowest BCUT2D eigenvalue weighted by Gasteiger charge is -2.31. The van der Waals surface area contributed by atoms with E-state index in [1.807, 2.05) is 25.1 Å². The van der Waals surface area contributed by atoms with E-state index in [1.54, 1.807) is 7.11 Å². The molecule has 0 fully saturated rings. The second-order valence-corrected chi connectivity index (χ2v) is 4.58. The minimum absolute atomic E-state index is 0.127. The van der Waals surface area contributed by atoms with Gasteiger partial charge in [0.2, 0.25) is 0 Å². The van der Waals surface area contributed by atoms with Crippen LogP contribution in [0, 0.1) is 6.92 Å². The fourth-order valence-corrected chi connectivity index (χ4v) is 2.25. The largest absolute Gasteiger partial charge is 0.409 e. The molecule has 3 N–H and O–H groups in total. The van der Waals surface area contributed by atoms with Crippen LogP contribution in [0.4, 0.5) is 5.69 Å². The zero-order chi connectivity index (χ0) is 14.4. The molecule has 0 saturated carbocycles. The van der Waals surface area contributed by atoms with Gasteiger partial charge in [-0.2, -0.15) is 0 Å². The van der Waals surface area contributed by atoms with Gasteiger partial charge in [-0.3, -0.25) is 0 Å². The van der Waals surface area contributed by atoms with Crippen LogP contribution >= 0.6 is 0 Å². The predicted octanol–water partition coefficient (Wildman–Crippen LogP) is 1.95. The molecule has 19 heavy (non-hydrogen) atoms. The van der Waals surface area contributed by atoms with E-state index in [-0.39, 0.29) is 5.84 Å². The zero-order valence-corrected chi connectivity index (χ0v) is 12.1. The highest BCUT2D eigenvalue weighted by Gasteiger charge is 2.15. The SMILES string of the molecule is CCN(c1ccc(/C(N)=N/O)cc1C)C(C)COC. The number of hydrogen-bond donors (Lipinski definition) is 2. The number of aryl methyl sites for hydroxylation is 1. The van der Waals surface area contributed by atoms with Crippen molar-refractivity contribution in [3.05, 3.63) is 29.3 Å². The lowest BCUT2D eigenvalue weighted by atomic mass is 10.1. The van der Waals surface area contributed by atoms with E-state index in [1.165, 1.54) is 0 Å². The van der Waals surface area contributed by atoms with Crippen LogP contribution in [-0.2, 0) is 4.74 Å². The molecule has 1 rings (SSSR count). The minimum Gasteiger partial charge on any atom is -0.409 e. The Hall–Kier alpha value is -1.75. The maximum absolute atomic E-state index is 8.70. The first-order valence-corrected chi connectivity index (χ1v) is 6.39. The van der Waals surface area contributed by atoms with E-state index in [9.17, 15) is 0 Å². The lowest BCUT2D eigenvalue weighted by molar-refractivity contribution is 0.182. The minimum atomic E-state index is 0.127. The molecule has 1 unspecified atom stereocenters. The number of rotatable bonds is 6. The van der Waals surface area contributed by atoms with Crippen LogP contribution in [0.2, 0.25) is 0 Å². The van der Waals surface area contributed by atoms with Crippen LogP contribution in [0.25, 0.3) is 0 Å². The van der Waals surface area contributed by atoms with Gasteiger partial charge in [0, 0.05) is 30.9 Å². The van der Waals surface area contributed by atoms with Crippen molar-refractivity contribution in [2.45, 2.75) is 26.8 Å². The third kappa shape index (κ3) is 3.61. The Balaban J connectivity index is 3.06. The summed E-state index contributed by atoms with van der Waals surface area (Å²) in [4.78, 5) is 2.27. The molecular weight excluding hydrogens is 242 g/mol. The summed E-state index contributed by atoms with van der Waals surface area (Å²) < 4.78 is 5.21. The monoisotopic (exact) mass is 265 g/mol. The van der Waals surface area contributed by atoms with Crippen molar-refractivity contribution in [1.82, 2.24) is 0 Å². The van der Waals surface area contributed by atoms with E-state index < -0.39 is 0 Å². The highest BCUT2D eigenvalue weighted by atomic mass is 16.5. The van der Waals surface area contributed by atoms with Crippen LogP contribution in [0.15, 0.2) is 23.4 Å². The summed E-state index contributed by atoms with van der Waals surface area (Å²) in [5.41, 5.74) is 8.55. The van der Waals surface area contributed by atoms with Crippen molar-refractivity contribution in [2.75, 3.05) is 25.2 Å². The topological polar surface area (TPSA) is 71.1 Å². The normalized spacial score (nSPS) is 13.4. The lowest BCUT2D eigenvalue weighted by Crippen LogP contribution is -2.36. The average Bonchev–Trinajstić information content (AvgIpc) is 2.40. The highest BCUT2D eigenvalue weighted by Crippen LogP contribution is 2.23. The van der Waals surface area contributed by atoms with Crippen molar-refractivity contribution >= 4 is 11.5 Å². The van der Waals surface area contributed by atoms with Crippen molar-refractivity contribution in [3.8, 4) is 0 Å². The standard InChI is InChI=1S/C14H23N3O2/c1-5-17(11(3)9-19-4)13-7-6-12(8-10(13)2)14(15)16-18/h6-8,11,18H,5,9H2,1-4H3,(H2,15,16). The third-order valence-electron chi connectivity index (χ3n) is 3.19. The number of amidine groups is 1. The molecule has 0 spiro atoms. The molecule has 0 heterocycles. The molecule has 0 radical (unpaired) electrons. The van der Waals surface area contributed by atoms with E-state index in [4.69, 9.17) is 15.7 Å². The number of nitrogens with two attached hydrogens (primary N) is 1. The van der Waals surface area contributed by atoms with Crippen LogP contribution in [0.3, 0.4) is 0 Å². The molecule has 0 aromatic heterocycles. The summed E-state index contributed by atoms with van der Waals surface area (Å²) >= 11 is 0. The number of anilines is 1. The molecule has 5 heteroatoms. The quantitative estimate of drug-likeness (QED) is 0.357. The van der Waals surface area contributed by atoms with Crippen LogP contribution in [-0.4, -0.2) is 37.3 Å². The molecule has 0 aliphatic rings. The fourth-order valence-electron chi connectivity index (χ4n) is 2.25. The fraction of sp³-hybridized carbons (Fsp3) is 0.500. The van der Waals surface area contributed by atoms with Crippen LogP contribution in [0.1, 0.15) is 25.0 Å². The molecule has 1 atom stereocenters. The number of ether oxygens (including phenoxy) is 1. The van der Waals surface area contributed by atoms with Crippen LogP contribution < -0.4 is 10.6 Å². The maximum atomic E-state index is 8.70. The second kappa shape index (κ2) is 6.99. The summed E-state index contributed by atoms with van der Waals surface area (Å²) in [5, 5.41) is 11.7. The first kappa shape index (κ1) is 15.3. The molecule has 0 bridgehead atoms. The van der Waals surface area contributed by atoms with Crippen molar-refractivity contribution in [1.29, 1.82) is 0 Å². The number of likely N-dealkylation sites (N-methyl/N-ethyl adjacent to an activating group) is 1. The number of oxime groups is 1. The molecule has 1 aromatic carbocycles. The van der Waals surface area contributed by atoms with Gasteiger partial charge >= 0.3 is 0 Å². The third-order valence-corrected chi connectivity index (χ3v) is 3.19. The molecular formula is C14H23N3O2. The van der Waals surface area contributed by atoms with Gasteiger partial charge in [0.05, 0.1) is 6.61 Å². The first-order chi connectivity index (χ1) is 9.04. The first-order valence-electron chi connectivity index (χ1n) is 6.39. The van der Waals surface area contributed by atoms with Crippen molar-refractivity contribution in [3.63, 3.8) is 0 Å². The second-order valence-electron chi connectivity index (χ2n) is 4.58. The molecule has 0 saturated heterocycles. The van der Waals surface area contributed by atoms with E-state index in [2.05, 4.69) is 23.9 Å². The van der Waals surface area contributed by atoms with Gasteiger partial charge in [0.15, 0.2) is 5.84 Å². The van der Waals surface area contributed by atoms with Gasteiger partial charge in [-0.15, -0.1) is 0 Å². The van der Waals surface area contributed by atoms with Crippen LogP contribution in [0.5, 0.6) is 0 Å². The summed E-state index contributed by atoms with van der Waals surface area (Å²) in [7, 11) is 1.71. The van der Waals surface area contributed by atoms with E-state index in [0.717, 1.165) is 23.4 Å². The molecule has 106 valence electrons. The molecule has 1 aromatic rings. The van der Waals surface area contributed by atoms with Gasteiger partial charge in [0.1, 0.15) is 0 Å². The number of nitrogens with zero attached hydrogens (tertiary/aromatic N) is 2. The van der Waals surface area contributed by atoms with E-state index >= 15 is 0 Å². The zero-order valence-electron chi connectivity index (χ0n) is 12.1. The Kier molecular flexibility index (Phi) is 5.63. The number of methoxy groups -OCH3 is 1. The Morgan fingerprint density at radius 2 is 2.21 bits per heavy atom. The van der Waals surface area contributed by atoms with Gasteiger partial charge < -0.3 is 20.6 Å². The summed E-state index contributed by atoms with van der Waals surface area (Å²) in [6.07, 6.45) is 0. The molecule has 0 aliphatic heterocycles. The van der Waals surface area contributed by atoms with Crippen molar-refractivity contribution < 1.29 is 9.94 Å². The highest BCUT2D eigenvalue weighted by molar-refractivity contribution is 5.97. The van der Waals surface area contributed by atoms with Gasteiger partial charge in [-0.05, 0) is 44.5 Å². The summed E-state index contributed by atoms with van der Waals surface area (Å²) in [6.45, 7) is 7.84. The van der Waals surface area contributed by atoms with Gasteiger partial charge in [-0.25, -0.2) is 0 Å². The van der Waals surface area contributed by atoms with E-state index in [0.29, 0.717) is 12.6 Å². The smallest absolute Gasteiger partial charge is 0.170 e. The Labute approximate surface area is 114 Å². The average molecular weight is 265 g/mol. The summed E-state index contributed by atoms with van der Waals surface area (Å²) in [5.74, 6) is 0.127. The Bertz CT molecular complexity index is 446. The Morgan fingerprint density at radius 1 is 1.53 bits per heavy atom. The molecule has 5 nitrogen and oxygen atoms in total. The van der Waals surface area contributed by atoms with Crippen molar-refractivity contribution in [2.24, 2.45) is 10.9 Å². The van der Waals surface area contributed by atoms with Gasteiger partial charge in [0.25, 0.3) is 0 Å². The summed E-state index contributed by atoms with van der Waals surface area (Å²) in [6, 6.07) is 6.08. The number of benzene rings is 1. The number of hydrogen-bond acceptors (Lipinski definition) is 4. The maximum Gasteiger partial charge on any atom is 0.170 e. The molecule has 0 amide bonds. The Morgan fingerprint density at radius 3 is 2.68 bits per heavy atom.